The van der Waals surface area contributed by atoms with Gasteiger partial charge in [-0.05, 0) is 12.5 Å². The van der Waals surface area contributed by atoms with Crippen molar-refractivity contribution in [1.29, 1.82) is 0 Å². The summed E-state index contributed by atoms with van der Waals surface area (Å²) < 4.78 is 0. The number of hydrogen-bond donors (Lipinski definition) is 1. The zero-order valence-electron chi connectivity index (χ0n) is 8.52. The molecule has 1 N–H and O–H groups in total. The van der Waals surface area contributed by atoms with Crippen molar-refractivity contribution in [3.8, 4) is 0 Å². The van der Waals surface area contributed by atoms with Crippen LogP contribution in [-0.4, -0.2) is 18.9 Å². The molecule has 0 aliphatic carbocycles. The van der Waals surface area contributed by atoms with E-state index in [1.807, 2.05) is 0 Å². The molecule has 0 bridgehead atoms. The molecule has 12 heavy (non-hydrogen) atoms. The number of carbonyl (C=O) groups excluding carboxylic acids is 1. The maximum Gasteiger partial charge on any atom is 0.134 e. The van der Waals surface area contributed by atoms with Crippen LogP contribution in [0.3, 0.4) is 0 Å². The Labute approximate surface area is 75.7 Å². The summed E-state index contributed by atoms with van der Waals surface area (Å²) in [6.45, 7) is 8.11. The van der Waals surface area contributed by atoms with Crippen LogP contribution >= 0.6 is 0 Å². The summed E-state index contributed by atoms with van der Waals surface area (Å²) in [5.74, 6) is 0.949. The predicted molar refractivity (Wildman–Crippen MR) is 52.2 cm³/mol. The highest BCUT2D eigenvalue weighted by Gasteiger charge is 2.06. The Hall–Kier alpha value is -0.370. The van der Waals surface area contributed by atoms with Crippen LogP contribution in [0.5, 0.6) is 0 Å². The molecule has 2 nitrogen and oxygen atoms in total. The molecule has 0 aromatic heterocycles. The Morgan fingerprint density at radius 1 is 1.42 bits per heavy atom. The lowest BCUT2D eigenvalue weighted by molar-refractivity contribution is -0.119. The average Bonchev–Trinajstić information content (AvgIpc) is 2.05. The molecule has 0 radical (unpaired) electrons. The summed E-state index contributed by atoms with van der Waals surface area (Å²) in [7, 11) is 0. The molecular formula is C10H21NO. The fourth-order valence-electron chi connectivity index (χ4n) is 1.04. The van der Waals surface area contributed by atoms with E-state index in [4.69, 9.17) is 0 Å². The highest BCUT2D eigenvalue weighted by Crippen LogP contribution is 2.07. The first-order valence-corrected chi connectivity index (χ1v) is 4.93. The molecule has 0 amide bonds. The molecule has 0 aromatic rings. The predicted octanol–water partition coefficient (Wildman–Crippen LogP) is 1.99. The van der Waals surface area contributed by atoms with E-state index < -0.39 is 0 Å². The van der Waals surface area contributed by atoms with Crippen LogP contribution in [0.1, 0.15) is 40.0 Å². The van der Waals surface area contributed by atoms with Crippen LogP contribution in [0.4, 0.5) is 0 Å². The smallest absolute Gasteiger partial charge is 0.134 e. The molecule has 1 atom stereocenters. The molecule has 0 aromatic carbocycles. The molecule has 0 aliphatic heterocycles. The van der Waals surface area contributed by atoms with Gasteiger partial charge in [-0.1, -0.05) is 27.2 Å². The van der Waals surface area contributed by atoms with E-state index >= 15 is 0 Å². The van der Waals surface area contributed by atoms with Gasteiger partial charge in [-0.2, -0.15) is 0 Å². The van der Waals surface area contributed by atoms with Gasteiger partial charge < -0.3 is 5.32 Å². The lowest BCUT2D eigenvalue weighted by Gasteiger charge is -2.06. The van der Waals surface area contributed by atoms with E-state index in [0.29, 0.717) is 18.1 Å². The molecule has 0 rings (SSSR count). The van der Waals surface area contributed by atoms with Gasteiger partial charge >= 0.3 is 0 Å². The number of carbonyl (C=O) groups is 1. The van der Waals surface area contributed by atoms with E-state index in [1.54, 1.807) is 0 Å². The van der Waals surface area contributed by atoms with Gasteiger partial charge in [0, 0.05) is 19.4 Å². The summed E-state index contributed by atoms with van der Waals surface area (Å²) in [5, 5.41) is 3.15. The molecule has 0 heterocycles. The van der Waals surface area contributed by atoms with Crippen LogP contribution in [-0.2, 0) is 4.79 Å². The van der Waals surface area contributed by atoms with Crippen molar-refractivity contribution in [1.82, 2.24) is 5.32 Å². The highest BCUT2D eigenvalue weighted by atomic mass is 16.1. The summed E-state index contributed by atoms with van der Waals surface area (Å²) in [5.41, 5.74) is 0. The molecule has 0 saturated carbocycles. The number of ketones is 1. The van der Waals surface area contributed by atoms with Crippen molar-refractivity contribution in [3.05, 3.63) is 0 Å². The standard InChI is InChI=1S/C10H21NO/c1-4-9(3)8-10(12)6-7-11-5-2/h9,11H,4-8H2,1-3H3. The van der Waals surface area contributed by atoms with Crippen molar-refractivity contribution in [2.45, 2.75) is 40.0 Å². The second-order valence-electron chi connectivity index (χ2n) is 3.36. The first-order chi connectivity index (χ1) is 5.70. The zero-order chi connectivity index (χ0) is 9.40. The van der Waals surface area contributed by atoms with E-state index in [-0.39, 0.29) is 0 Å². The lowest BCUT2D eigenvalue weighted by atomic mass is 10.0. The van der Waals surface area contributed by atoms with Gasteiger partial charge in [0.1, 0.15) is 5.78 Å². The molecule has 1 unspecified atom stereocenters. The minimum Gasteiger partial charge on any atom is -0.317 e. The first kappa shape index (κ1) is 11.6. The molecule has 0 spiro atoms. The van der Waals surface area contributed by atoms with Crippen molar-refractivity contribution in [2.24, 2.45) is 5.92 Å². The molecule has 0 aliphatic rings. The second-order valence-corrected chi connectivity index (χ2v) is 3.36. The quantitative estimate of drug-likeness (QED) is 0.593. The van der Waals surface area contributed by atoms with Crippen LogP contribution in [0.15, 0.2) is 0 Å². The number of hydrogen-bond acceptors (Lipinski definition) is 2. The summed E-state index contributed by atoms with van der Waals surface area (Å²) in [4.78, 5) is 11.2. The normalized spacial score (nSPS) is 12.9. The fraction of sp³-hybridized carbons (Fsp3) is 0.900. The van der Waals surface area contributed by atoms with Gasteiger partial charge in [0.25, 0.3) is 0 Å². The number of Topliss-reactive ketones (excluding diaryl/α,β-unsaturated/α-hetero) is 1. The third-order valence-corrected chi connectivity index (χ3v) is 2.10. The Morgan fingerprint density at radius 3 is 2.58 bits per heavy atom. The number of rotatable bonds is 7. The topological polar surface area (TPSA) is 29.1 Å². The van der Waals surface area contributed by atoms with Crippen molar-refractivity contribution < 1.29 is 4.79 Å². The van der Waals surface area contributed by atoms with Crippen molar-refractivity contribution in [3.63, 3.8) is 0 Å². The Balaban J connectivity index is 3.33. The Morgan fingerprint density at radius 2 is 2.08 bits per heavy atom. The van der Waals surface area contributed by atoms with Gasteiger partial charge in [-0.15, -0.1) is 0 Å². The van der Waals surface area contributed by atoms with E-state index in [9.17, 15) is 4.79 Å². The van der Waals surface area contributed by atoms with Gasteiger partial charge in [0.15, 0.2) is 0 Å². The highest BCUT2D eigenvalue weighted by molar-refractivity contribution is 5.78. The van der Waals surface area contributed by atoms with Crippen LogP contribution < -0.4 is 5.32 Å². The maximum atomic E-state index is 11.2. The zero-order valence-corrected chi connectivity index (χ0v) is 8.52. The average molecular weight is 171 g/mol. The molecule has 0 saturated heterocycles. The van der Waals surface area contributed by atoms with Gasteiger partial charge in [-0.25, -0.2) is 0 Å². The fourth-order valence-corrected chi connectivity index (χ4v) is 1.04. The van der Waals surface area contributed by atoms with Crippen molar-refractivity contribution >= 4 is 5.78 Å². The lowest BCUT2D eigenvalue weighted by Crippen LogP contribution is -2.18. The van der Waals surface area contributed by atoms with E-state index in [1.165, 1.54) is 0 Å². The van der Waals surface area contributed by atoms with Crippen LogP contribution in [0, 0.1) is 5.92 Å². The summed E-state index contributed by atoms with van der Waals surface area (Å²) in [6.07, 6.45) is 2.55. The van der Waals surface area contributed by atoms with Crippen molar-refractivity contribution in [2.75, 3.05) is 13.1 Å². The second kappa shape index (κ2) is 7.29. The summed E-state index contributed by atoms with van der Waals surface area (Å²) >= 11 is 0. The minimum absolute atomic E-state index is 0.394. The maximum absolute atomic E-state index is 11.2. The van der Waals surface area contributed by atoms with Gasteiger partial charge in [0.2, 0.25) is 0 Å². The Kier molecular flexibility index (Phi) is 7.06. The van der Waals surface area contributed by atoms with E-state index in [2.05, 4.69) is 26.1 Å². The minimum atomic E-state index is 0.394. The van der Waals surface area contributed by atoms with Crippen LogP contribution in [0.2, 0.25) is 0 Å². The molecular weight excluding hydrogens is 150 g/mol. The SMILES string of the molecule is CCNCCC(=O)CC(C)CC. The Bertz CT molecular complexity index is 123. The molecule has 2 heteroatoms. The number of nitrogens with one attached hydrogen (secondary N) is 1. The third-order valence-electron chi connectivity index (χ3n) is 2.10. The molecule has 72 valence electrons. The van der Waals surface area contributed by atoms with Crippen LogP contribution in [0.25, 0.3) is 0 Å². The molecule has 0 fully saturated rings. The summed E-state index contributed by atoms with van der Waals surface area (Å²) in [6, 6.07) is 0. The monoisotopic (exact) mass is 171 g/mol. The van der Waals surface area contributed by atoms with Gasteiger partial charge in [0.05, 0.1) is 0 Å². The van der Waals surface area contributed by atoms with Gasteiger partial charge in [-0.3, -0.25) is 4.79 Å². The first-order valence-electron chi connectivity index (χ1n) is 4.93. The van der Waals surface area contributed by atoms with E-state index in [0.717, 1.165) is 25.9 Å². The largest absolute Gasteiger partial charge is 0.317 e. The third kappa shape index (κ3) is 6.35.